The summed E-state index contributed by atoms with van der Waals surface area (Å²) in [5, 5.41) is 0. The van der Waals surface area contributed by atoms with E-state index >= 15 is 0 Å². The number of amides is 1. The molecule has 4 nitrogen and oxygen atoms in total. The van der Waals surface area contributed by atoms with Gasteiger partial charge in [-0.25, -0.2) is 0 Å². The number of nitrogens with zero attached hydrogens (tertiary/aromatic N) is 3. The van der Waals surface area contributed by atoms with Crippen LogP contribution in [0, 0.1) is 5.41 Å². The van der Waals surface area contributed by atoms with Crippen molar-refractivity contribution >= 4 is 5.91 Å². The standard InChI is InChI=1S/C24H29N3O/c28-23-22(20-6-2-1-3-7-20)15-24(18-27(23)21-8-9-21)10-13-26(14-11-24)17-19-5-4-12-25-16-19/h1-7,12,16,21-22H,8-11,13-15,17-18H2. The van der Waals surface area contributed by atoms with Crippen LogP contribution in [-0.2, 0) is 11.3 Å². The first kappa shape index (κ1) is 17.9. The van der Waals surface area contributed by atoms with Crippen LogP contribution in [0.3, 0.4) is 0 Å². The van der Waals surface area contributed by atoms with Crippen molar-refractivity contribution in [3.63, 3.8) is 0 Å². The number of piperidine rings is 2. The molecule has 4 heteroatoms. The maximum atomic E-state index is 13.2. The van der Waals surface area contributed by atoms with E-state index < -0.39 is 0 Å². The van der Waals surface area contributed by atoms with Crippen LogP contribution in [0.25, 0.3) is 0 Å². The molecule has 146 valence electrons. The van der Waals surface area contributed by atoms with E-state index in [9.17, 15) is 4.79 Å². The van der Waals surface area contributed by atoms with Crippen molar-refractivity contribution in [1.82, 2.24) is 14.8 Å². The van der Waals surface area contributed by atoms with Gasteiger partial charge in [0.05, 0.1) is 5.92 Å². The first-order valence-electron chi connectivity index (χ1n) is 10.7. The highest BCUT2D eigenvalue weighted by molar-refractivity contribution is 5.85. The minimum absolute atomic E-state index is 0.0421. The Morgan fingerprint density at radius 2 is 1.82 bits per heavy atom. The second-order valence-electron chi connectivity index (χ2n) is 9.00. The van der Waals surface area contributed by atoms with Crippen molar-refractivity contribution in [2.45, 2.75) is 50.6 Å². The van der Waals surface area contributed by atoms with Gasteiger partial charge in [-0.1, -0.05) is 36.4 Å². The van der Waals surface area contributed by atoms with Gasteiger partial charge in [0.25, 0.3) is 0 Å². The Balaban J connectivity index is 1.32. The molecule has 28 heavy (non-hydrogen) atoms. The van der Waals surface area contributed by atoms with E-state index in [-0.39, 0.29) is 11.3 Å². The molecule has 1 atom stereocenters. The summed E-state index contributed by atoms with van der Waals surface area (Å²) in [7, 11) is 0. The Kier molecular flexibility index (Phi) is 4.67. The van der Waals surface area contributed by atoms with Crippen molar-refractivity contribution in [3.05, 3.63) is 66.0 Å². The highest BCUT2D eigenvalue weighted by Gasteiger charge is 2.49. The van der Waals surface area contributed by atoms with Crippen molar-refractivity contribution in [1.29, 1.82) is 0 Å². The van der Waals surface area contributed by atoms with Crippen LogP contribution >= 0.6 is 0 Å². The molecule has 1 aliphatic carbocycles. The molecule has 0 N–H and O–H groups in total. The fourth-order valence-electron chi connectivity index (χ4n) is 5.16. The van der Waals surface area contributed by atoms with Crippen LogP contribution in [0.4, 0.5) is 0 Å². The summed E-state index contributed by atoms with van der Waals surface area (Å²) >= 11 is 0. The molecular weight excluding hydrogens is 346 g/mol. The van der Waals surface area contributed by atoms with Crippen LogP contribution < -0.4 is 0 Å². The molecule has 5 rings (SSSR count). The van der Waals surface area contributed by atoms with Crippen molar-refractivity contribution in [2.24, 2.45) is 5.41 Å². The number of carbonyl (C=O) groups excluding carboxylic acids is 1. The van der Waals surface area contributed by atoms with Crippen LogP contribution in [0.5, 0.6) is 0 Å². The number of likely N-dealkylation sites (tertiary alicyclic amines) is 2. The highest BCUT2D eigenvalue weighted by Crippen LogP contribution is 2.48. The molecule has 2 aromatic rings. The molecule has 1 spiro atoms. The summed E-state index contributed by atoms with van der Waals surface area (Å²) in [6.45, 7) is 4.18. The number of hydrogen-bond donors (Lipinski definition) is 0. The van der Waals surface area contributed by atoms with Gasteiger partial charge in [0.2, 0.25) is 5.91 Å². The van der Waals surface area contributed by atoms with Crippen molar-refractivity contribution in [2.75, 3.05) is 19.6 Å². The molecule has 1 aromatic heterocycles. The molecule has 1 aromatic carbocycles. The lowest BCUT2D eigenvalue weighted by Gasteiger charge is -2.50. The molecule has 0 bridgehead atoms. The lowest BCUT2D eigenvalue weighted by molar-refractivity contribution is -0.142. The topological polar surface area (TPSA) is 36.4 Å². The number of pyridine rings is 1. The van der Waals surface area contributed by atoms with Gasteiger partial charge in [-0.2, -0.15) is 0 Å². The van der Waals surface area contributed by atoms with Gasteiger partial charge in [-0.15, -0.1) is 0 Å². The molecule has 1 saturated carbocycles. The first-order valence-corrected chi connectivity index (χ1v) is 10.7. The van der Waals surface area contributed by atoms with Crippen molar-refractivity contribution in [3.8, 4) is 0 Å². The quantitative estimate of drug-likeness (QED) is 0.815. The molecule has 3 heterocycles. The Morgan fingerprint density at radius 3 is 2.50 bits per heavy atom. The fraction of sp³-hybridized carbons (Fsp3) is 0.500. The second-order valence-corrected chi connectivity index (χ2v) is 9.00. The number of benzene rings is 1. The van der Waals surface area contributed by atoms with E-state index in [1.165, 1.54) is 36.8 Å². The smallest absolute Gasteiger partial charge is 0.230 e. The molecular formula is C24H29N3O. The lowest BCUT2D eigenvalue weighted by Crippen LogP contribution is -2.54. The maximum absolute atomic E-state index is 13.2. The molecule has 1 amide bonds. The zero-order valence-corrected chi connectivity index (χ0v) is 16.5. The van der Waals surface area contributed by atoms with Crippen LogP contribution in [-0.4, -0.2) is 46.4 Å². The van der Waals surface area contributed by atoms with E-state index in [0.717, 1.165) is 32.6 Å². The summed E-state index contributed by atoms with van der Waals surface area (Å²) in [5.74, 6) is 0.414. The Hall–Kier alpha value is -2.20. The largest absolute Gasteiger partial charge is 0.339 e. The van der Waals surface area contributed by atoms with Gasteiger partial charge < -0.3 is 4.90 Å². The van der Waals surface area contributed by atoms with Crippen LogP contribution in [0.15, 0.2) is 54.9 Å². The molecule has 1 unspecified atom stereocenters. The molecule has 3 fully saturated rings. The van der Waals surface area contributed by atoms with Gasteiger partial charge in [0.15, 0.2) is 0 Å². The van der Waals surface area contributed by atoms with E-state index in [0.29, 0.717) is 11.9 Å². The molecule has 2 saturated heterocycles. The summed E-state index contributed by atoms with van der Waals surface area (Å²) in [5.41, 5.74) is 2.77. The average molecular weight is 376 g/mol. The van der Waals surface area contributed by atoms with E-state index in [2.05, 4.69) is 45.1 Å². The van der Waals surface area contributed by atoms with E-state index in [1.807, 2.05) is 24.5 Å². The number of carbonyl (C=O) groups is 1. The average Bonchev–Trinajstić information content (AvgIpc) is 3.58. The van der Waals surface area contributed by atoms with Crippen LogP contribution in [0.2, 0.25) is 0 Å². The summed E-state index contributed by atoms with van der Waals surface area (Å²) in [6, 6.07) is 15.2. The van der Waals surface area contributed by atoms with Gasteiger partial charge in [0.1, 0.15) is 0 Å². The lowest BCUT2D eigenvalue weighted by atomic mass is 9.67. The Morgan fingerprint density at radius 1 is 1.04 bits per heavy atom. The third-order valence-electron chi connectivity index (χ3n) is 6.96. The number of rotatable bonds is 4. The predicted octanol–water partition coefficient (Wildman–Crippen LogP) is 3.84. The summed E-state index contributed by atoms with van der Waals surface area (Å²) < 4.78 is 0. The minimum Gasteiger partial charge on any atom is -0.339 e. The SMILES string of the molecule is O=C1C(c2ccccc2)CC2(CCN(Cc3cccnc3)CC2)CN1C1CC1. The zero-order chi connectivity index (χ0) is 19.0. The van der Waals surface area contributed by atoms with Gasteiger partial charge >= 0.3 is 0 Å². The van der Waals surface area contributed by atoms with Gasteiger partial charge in [0, 0.05) is 31.5 Å². The third-order valence-corrected chi connectivity index (χ3v) is 6.96. The number of aromatic nitrogens is 1. The van der Waals surface area contributed by atoms with E-state index in [1.54, 1.807) is 0 Å². The van der Waals surface area contributed by atoms with Crippen LogP contribution in [0.1, 0.15) is 49.1 Å². The first-order chi connectivity index (χ1) is 13.7. The van der Waals surface area contributed by atoms with Crippen molar-refractivity contribution < 1.29 is 4.79 Å². The molecule has 2 aliphatic heterocycles. The summed E-state index contributed by atoms with van der Waals surface area (Å²) in [4.78, 5) is 22.3. The van der Waals surface area contributed by atoms with Gasteiger partial charge in [-0.3, -0.25) is 14.7 Å². The normalized spacial score (nSPS) is 25.2. The minimum atomic E-state index is 0.0421. The third kappa shape index (κ3) is 3.58. The predicted molar refractivity (Wildman–Crippen MR) is 110 cm³/mol. The number of hydrogen-bond acceptors (Lipinski definition) is 3. The monoisotopic (exact) mass is 375 g/mol. The van der Waals surface area contributed by atoms with Gasteiger partial charge in [-0.05, 0) is 67.8 Å². The highest BCUT2D eigenvalue weighted by atomic mass is 16.2. The van der Waals surface area contributed by atoms with E-state index in [4.69, 9.17) is 0 Å². The zero-order valence-electron chi connectivity index (χ0n) is 16.5. The molecule has 0 radical (unpaired) electrons. The fourth-order valence-corrected chi connectivity index (χ4v) is 5.16. The Labute approximate surface area is 167 Å². The molecule has 3 aliphatic rings. The maximum Gasteiger partial charge on any atom is 0.230 e. The summed E-state index contributed by atoms with van der Waals surface area (Å²) in [6.07, 6.45) is 9.58. The second kappa shape index (κ2) is 7.32. The Bertz CT molecular complexity index is 810.